The van der Waals surface area contributed by atoms with E-state index >= 15 is 0 Å². The molecule has 156 valence electrons. The number of halogens is 1. The van der Waals surface area contributed by atoms with Crippen LogP contribution in [0.3, 0.4) is 0 Å². The number of rotatable bonds is 3. The minimum atomic E-state index is -0.247. The molecule has 0 atom stereocenters. The number of amides is 1. The third-order valence-electron chi connectivity index (χ3n) is 5.71. The molecule has 7 heteroatoms. The molecule has 5 rings (SSSR count). The molecule has 1 amide bonds. The van der Waals surface area contributed by atoms with Crippen molar-refractivity contribution in [2.24, 2.45) is 0 Å². The van der Waals surface area contributed by atoms with Gasteiger partial charge in [0.05, 0.1) is 23.0 Å². The second-order valence-corrected chi connectivity index (χ2v) is 7.81. The summed E-state index contributed by atoms with van der Waals surface area (Å²) in [5, 5.41) is 4.48. The quantitative estimate of drug-likeness (QED) is 0.511. The predicted molar refractivity (Wildman–Crippen MR) is 118 cm³/mol. The lowest BCUT2D eigenvalue weighted by Gasteiger charge is -2.35. The number of hydrogen-bond acceptors (Lipinski definition) is 4. The summed E-state index contributed by atoms with van der Waals surface area (Å²) in [4.78, 5) is 21.1. The number of carbonyl (C=O) groups is 1. The lowest BCUT2D eigenvalue weighted by molar-refractivity contribution is 0.0746. The average Bonchev–Trinajstić information content (AvgIpc) is 3.22. The molecule has 0 bridgehead atoms. The standard InChI is InChI=1S/C24H22FN5O/c1-17-12-20(15-26-14-17)24(31)29-10-8-28(9-11-29)23-16-27-30-7-6-19(13-22(23)30)18-2-4-21(25)5-3-18/h2-7,12-16H,8-11H2,1H3. The van der Waals surface area contributed by atoms with E-state index in [-0.39, 0.29) is 11.7 Å². The SMILES string of the molecule is Cc1cncc(C(=O)N2CCN(c3cnn4ccc(-c5ccc(F)cc5)cc34)CC2)c1. The number of hydrogen-bond donors (Lipinski definition) is 0. The Hall–Kier alpha value is -3.74. The number of aryl methyl sites for hydroxylation is 1. The fourth-order valence-electron chi connectivity index (χ4n) is 4.04. The first-order valence-electron chi connectivity index (χ1n) is 10.3. The van der Waals surface area contributed by atoms with Gasteiger partial charge in [-0.05, 0) is 53.9 Å². The van der Waals surface area contributed by atoms with Gasteiger partial charge in [-0.3, -0.25) is 9.78 Å². The van der Waals surface area contributed by atoms with Crippen molar-refractivity contribution in [1.82, 2.24) is 19.5 Å². The van der Waals surface area contributed by atoms with E-state index in [1.807, 2.05) is 40.9 Å². The van der Waals surface area contributed by atoms with Gasteiger partial charge in [-0.1, -0.05) is 12.1 Å². The topological polar surface area (TPSA) is 53.7 Å². The highest BCUT2D eigenvalue weighted by Gasteiger charge is 2.24. The minimum Gasteiger partial charge on any atom is -0.365 e. The number of piperazine rings is 1. The first-order valence-corrected chi connectivity index (χ1v) is 10.3. The molecule has 1 fully saturated rings. The number of anilines is 1. The third-order valence-corrected chi connectivity index (χ3v) is 5.71. The molecule has 0 N–H and O–H groups in total. The summed E-state index contributed by atoms with van der Waals surface area (Å²) in [5.41, 5.74) is 5.60. The second kappa shape index (κ2) is 7.83. The van der Waals surface area contributed by atoms with Crippen LogP contribution in [0.5, 0.6) is 0 Å². The van der Waals surface area contributed by atoms with Crippen molar-refractivity contribution in [1.29, 1.82) is 0 Å². The van der Waals surface area contributed by atoms with Gasteiger partial charge in [0.1, 0.15) is 5.82 Å². The molecule has 1 aliphatic rings. The minimum absolute atomic E-state index is 0.0225. The number of aromatic nitrogens is 3. The Morgan fingerprint density at radius 1 is 0.935 bits per heavy atom. The van der Waals surface area contributed by atoms with Crippen LogP contribution in [0.1, 0.15) is 15.9 Å². The van der Waals surface area contributed by atoms with E-state index in [0.717, 1.165) is 41.0 Å². The number of pyridine rings is 2. The smallest absolute Gasteiger partial charge is 0.255 e. The summed E-state index contributed by atoms with van der Waals surface area (Å²) in [7, 11) is 0. The van der Waals surface area contributed by atoms with Crippen molar-refractivity contribution in [3.8, 4) is 11.1 Å². The van der Waals surface area contributed by atoms with Crippen molar-refractivity contribution in [3.05, 3.63) is 84.2 Å². The molecule has 0 spiro atoms. The summed E-state index contributed by atoms with van der Waals surface area (Å²) in [6, 6.07) is 12.4. The molecule has 1 saturated heterocycles. The van der Waals surface area contributed by atoms with E-state index in [9.17, 15) is 9.18 Å². The Kier molecular flexibility index (Phi) is 4.86. The van der Waals surface area contributed by atoms with Gasteiger partial charge in [-0.15, -0.1) is 0 Å². The van der Waals surface area contributed by atoms with E-state index in [0.29, 0.717) is 18.7 Å². The normalized spacial score (nSPS) is 14.3. The molecule has 0 unspecified atom stereocenters. The maximum absolute atomic E-state index is 13.3. The maximum atomic E-state index is 13.3. The van der Waals surface area contributed by atoms with Crippen LogP contribution < -0.4 is 4.90 Å². The highest BCUT2D eigenvalue weighted by atomic mass is 19.1. The van der Waals surface area contributed by atoms with Crippen LogP contribution in [0, 0.1) is 12.7 Å². The van der Waals surface area contributed by atoms with E-state index in [2.05, 4.69) is 21.0 Å². The summed E-state index contributed by atoms with van der Waals surface area (Å²) in [5.74, 6) is -0.224. The Morgan fingerprint density at radius 2 is 1.71 bits per heavy atom. The zero-order valence-electron chi connectivity index (χ0n) is 17.2. The van der Waals surface area contributed by atoms with Gasteiger partial charge in [0.2, 0.25) is 0 Å². The molecular formula is C24H22FN5O. The monoisotopic (exact) mass is 415 g/mol. The molecule has 6 nitrogen and oxygen atoms in total. The van der Waals surface area contributed by atoms with Gasteiger partial charge in [0, 0.05) is 44.8 Å². The van der Waals surface area contributed by atoms with Crippen molar-refractivity contribution >= 4 is 17.1 Å². The maximum Gasteiger partial charge on any atom is 0.255 e. The summed E-state index contributed by atoms with van der Waals surface area (Å²) < 4.78 is 15.1. The summed E-state index contributed by atoms with van der Waals surface area (Å²) in [6.45, 7) is 4.68. The lowest BCUT2D eigenvalue weighted by atomic mass is 10.1. The van der Waals surface area contributed by atoms with Crippen LogP contribution in [0.15, 0.2) is 67.3 Å². The van der Waals surface area contributed by atoms with E-state index < -0.39 is 0 Å². The molecule has 1 aromatic carbocycles. The van der Waals surface area contributed by atoms with Crippen LogP contribution in [0.2, 0.25) is 0 Å². The fraction of sp³-hybridized carbons (Fsp3) is 0.208. The van der Waals surface area contributed by atoms with Crippen LogP contribution >= 0.6 is 0 Å². The van der Waals surface area contributed by atoms with Gasteiger partial charge >= 0.3 is 0 Å². The van der Waals surface area contributed by atoms with E-state index in [1.54, 1.807) is 24.5 Å². The van der Waals surface area contributed by atoms with E-state index in [4.69, 9.17) is 0 Å². The van der Waals surface area contributed by atoms with Crippen molar-refractivity contribution in [2.45, 2.75) is 6.92 Å². The Morgan fingerprint density at radius 3 is 2.45 bits per heavy atom. The Labute approximate surface area is 179 Å². The molecule has 0 radical (unpaired) electrons. The van der Waals surface area contributed by atoms with Gasteiger partial charge < -0.3 is 9.80 Å². The fourth-order valence-corrected chi connectivity index (χ4v) is 4.04. The Balaban J connectivity index is 1.35. The zero-order valence-corrected chi connectivity index (χ0v) is 17.2. The molecule has 31 heavy (non-hydrogen) atoms. The molecule has 3 aromatic heterocycles. The summed E-state index contributed by atoms with van der Waals surface area (Å²) >= 11 is 0. The zero-order chi connectivity index (χ0) is 21.4. The molecular weight excluding hydrogens is 393 g/mol. The second-order valence-electron chi connectivity index (χ2n) is 7.81. The number of nitrogens with zero attached hydrogens (tertiary/aromatic N) is 5. The van der Waals surface area contributed by atoms with Crippen molar-refractivity contribution < 1.29 is 9.18 Å². The molecule has 4 aromatic rings. The highest BCUT2D eigenvalue weighted by molar-refractivity contribution is 5.94. The molecule has 1 aliphatic heterocycles. The van der Waals surface area contributed by atoms with Crippen LogP contribution in [-0.4, -0.2) is 51.6 Å². The first kappa shape index (κ1) is 19.2. The lowest BCUT2D eigenvalue weighted by Crippen LogP contribution is -2.48. The van der Waals surface area contributed by atoms with Gasteiger partial charge in [0.15, 0.2) is 0 Å². The number of benzene rings is 1. The Bertz CT molecular complexity index is 1240. The third kappa shape index (κ3) is 3.74. The number of fused-ring (bicyclic) bond motifs is 1. The average molecular weight is 415 g/mol. The highest BCUT2D eigenvalue weighted by Crippen LogP contribution is 2.28. The molecule has 0 aliphatic carbocycles. The van der Waals surface area contributed by atoms with Gasteiger partial charge in [-0.2, -0.15) is 5.10 Å². The van der Waals surface area contributed by atoms with Gasteiger partial charge in [0.25, 0.3) is 5.91 Å². The van der Waals surface area contributed by atoms with Crippen LogP contribution in [-0.2, 0) is 0 Å². The molecule has 4 heterocycles. The first-order chi connectivity index (χ1) is 15.1. The van der Waals surface area contributed by atoms with Crippen LogP contribution in [0.25, 0.3) is 16.6 Å². The summed E-state index contributed by atoms with van der Waals surface area (Å²) in [6.07, 6.45) is 7.16. The van der Waals surface area contributed by atoms with E-state index in [1.165, 1.54) is 12.1 Å². The van der Waals surface area contributed by atoms with Crippen molar-refractivity contribution in [3.63, 3.8) is 0 Å². The van der Waals surface area contributed by atoms with Gasteiger partial charge in [-0.25, -0.2) is 8.91 Å². The predicted octanol–water partition coefficient (Wildman–Crippen LogP) is 3.81. The van der Waals surface area contributed by atoms with Crippen molar-refractivity contribution in [2.75, 3.05) is 31.1 Å². The number of carbonyl (C=O) groups excluding carboxylic acids is 1. The largest absolute Gasteiger partial charge is 0.365 e. The van der Waals surface area contributed by atoms with Crippen LogP contribution in [0.4, 0.5) is 10.1 Å². The molecule has 0 saturated carbocycles.